The van der Waals surface area contributed by atoms with Crippen LogP contribution in [0.15, 0.2) is 6.20 Å². The quantitative estimate of drug-likeness (QED) is 0.860. The van der Waals surface area contributed by atoms with Gasteiger partial charge in [-0.2, -0.15) is 11.8 Å². The minimum atomic E-state index is 0.169. The van der Waals surface area contributed by atoms with E-state index in [2.05, 4.69) is 16.8 Å². The number of fused-ring (bicyclic) bond motifs is 1. The van der Waals surface area contributed by atoms with Crippen LogP contribution in [-0.2, 0) is 11.2 Å². The van der Waals surface area contributed by atoms with E-state index in [0.717, 1.165) is 54.7 Å². The standard InChI is InChI=1S/C14H20N2O2S2/c1-2-3-13-15-8-11(20-13)14(17)16-5-7-19-12-9-18-6-4-10(12)16/h8,10,12H,2-7,9H2,1H3/t10-,12-/m0/s1. The largest absolute Gasteiger partial charge is 0.380 e. The number of hydrogen-bond donors (Lipinski definition) is 0. The van der Waals surface area contributed by atoms with Crippen LogP contribution < -0.4 is 0 Å². The predicted octanol–water partition coefficient (Wildman–Crippen LogP) is 2.44. The van der Waals surface area contributed by atoms with Gasteiger partial charge >= 0.3 is 0 Å². The summed E-state index contributed by atoms with van der Waals surface area (Å²) in [4.78, 5) is 19.9. The molecule has 0 aromatic carbocycles. The summed E-state index contributed by atoms with van der Waals surface area (Å²) in [6.45, 7) is 4.54. The van der Waals surface area contributed by atoms with Crippen LogP contribution in [0.5, 0.6) is 0 Å². The SMILES string of the molecule is CCCc1ncc(C(=O)N2CCS[C@H]3COCC[C@@H]32)s1. The smallest absolute Gasteiger partial charge is 0.265 e. The summed E-state index contributed by atoms with van der Waals surface area (Å²) < 4.78 is 5.54. The number of carbonyl (C=O) groups is 1. The molecule has 0 spiro atoms. The van der Waals surface area contributed by atoms with Gasteiger partial charge in [0.2, 0.25) is 0 Å². The van der Waals surface area contributed by atoms with E-state index in [1.807, 2.05) is 11.8 Å². The average Bonchev–Trinajstić information content (AvgIpc) is 2.95. The number of ether oxygens (including phenoxy) is 1. The summed E-state index contributed by atoms with van der Waals surface area (Å²) in [5, 5.41) is 1.52. The van der Waals surface area contributed by atoms with E-state index < -0.39 is 0 Å². The number of aromatic nitrogens is 1. The van der Waals surface area contributed by atoms with Crippen LogP contribution >= 0.6 is 23.1 Å². The molecular formula is C14H20N2O2S2. The Balaban J connectivity index is 1.74. The molecule has 0 N–H and O–H groups in total. The fraction of sp³-hybridized carbons (Fsp3) is 0.714. The fourth-order valence-corrected chi connectivity index (χ4v) is 5.09. The zero-order chi connectivity index (χ0) is 13.9. The lowest BCUT2D eigenvalue weighted by atomic mass is 10.1. The molecule has 2 fully saturated rings. The van der Waals surface area contributed by atoms with Gasteiger partial charge in [0.1, 0.15) is 4.88 Å². The molecule has 0 saturated carbocycles. The Hall–Kier alpha value is -0.590. The number of amides is 1. The van der Waals surface area contributed by atoms with Crippen LogP contribution in [0.1, 0.15) is 34.4 Å². The highest BCUT2D eigenvalue weighted by atomic mass is 32.2. The minimum Gasteiger partial charge on any atom is -0.380 e. The van der Waals surface area contributed by atoms with Crippen molar-refractivity contribution in [1.82, 2.24) is 9.88 Å². The first-order chi connectivity index (χ1) is 9.79. The van der Waals surface area contributed by atoms with E-state index in [1.54, 1.807) is 17.5 Å². The molecule has 2 atom stereocenters. The Morgan fingerprint density at radius 1 is 1.60 bits per heavy atom. The van der Waals surface area contributed by atoms with Gasteiger partial charge in [0.15, 0.2) is 0 Å². The highest BCUT2D eigenvalue weighted by molar-refractivity contribution is 8.00. The van der Waals surface area contributed by atoms with Gasteiger partial charge in [-0.05, 0) is 19.3 Å². The Kier molecular flexibility index (Phi) is 4.63. The summed E-state index contributed by atoms with van der Waals surface area (Å²) >= 11 is 3.50. The number of rotatable bonds is 3. The van der Waals surface area contributed by atoms with Crippen molar-refractivity contribution in [3.63, 3.8) is 0 Å². The molecular weight excluding hydrogens is 292 g/mol. The van der Waals surface area contributed by atoms with Crippen LogP contribution in [0.3, 0.4) is 0 Å². The monoisotopic (exact) mass is 312 g/mol. The molecule has 1 amide bonds. The third-order valence-electron chi connectivity index (χ3n) is 3.82. The number of thiazole rings is 1. The molecule has 20 heavy (non-hydrogen) atoms. The van der Waals surface area contributed by atoms with Crippen LogP contribution in [0.25, 0.3) is 0 Å². The van der Waals surface area contributed by atoms with Crippen molar-refractivity contribution in [3.8, 4) is 0 Å². The van der Waals surface area contributed by atoms with Crippen molar-refractivity contribution in [2.45, 2.75) is 37.5 Å². The molecule has 2 aliphatic rings. The van der Waals surface area contributed by atoms with Crippen molar-refractivity contribution in [2.75, 3.05) is 25.5 Å². The molecule has 0 unspecified atom stereocenters. The second-order valence-corrected chi connectivity index (χ2v) is 7.67. The zero-order valence-corrected chi connectivity index (χ0v) is 13.3. The van der Waals surface area contributed by atoms with Gasteiger partial charge in [0.25, 0.3) is 5.91 Å². The van der Waals surface area contributed by atoms with E-state index >= 15 is 0 Å². The number of aryl methyl sites for hydroxylation is 1. The molecule has 0 radical (unpaired) electrons. The minimum absolute atomic E-state index is 0.169. The molecule has 2 saturated heterocycles. The number of thioether (sulfide) groups is 1. The summed E-state index contributed by atoms with van der Waals surface area (Å²) in [7, 11) is 0. The van der Waals surface area contributed by atoms with Crippen LogP contribution in [-0.4, -0.2) is 52.6 Å². The summed E-state index contributed by atoms with van der Waals surface area (Å²) in [6.07, 6.45) is 4.76. The molecule has 0 aliphatic carbocycles. The third kappa shape index (κ3) is 2.87. The number of hydrogen-bond acceptors (Lipinski definition) is 5. The van der Waals surface area contributed by atoms with Crippen molar-refractivity contribution in [3.05, 3.63) is 16.1 Å². The fourth-order valence-electron chi connectivity index (χ4n) is 2.82. The van der Waals surface area contributed by atoms with Gasteiger partial charge in [-0.3, -0.25) is 4.79 Å². The summed E-state index contributed by atoms with van der Waals surface area (Å²) in [5.74, 6) is 1.18. The maximum atomic E-state index is 12.7. The maximum absolute atomic E-state index is 12.7. The molecule has 3 heterocycles. The van der Waals surface area contributed by atoms with Crippen molar-refractivity contribution in [1.29, 1.82) is 0 Å². The van der Waals surface area contributed by atoms with E-state index in [9.17, 15) is 4.79 Å². The van der Waals surface area contributed by atoms with Crippen LogP contribution in [0.4, 0.5) is 0 Å². The van der Waals surface area contributed by atoms with Gasteiger partial charge in [-0.15, -0.1) is 11.3 Å². The topological polar surface area (TPSA) is 42.4 Å². The Morgan fingerprint density at radius 2 is 2.50 bits per heavy atom. The zero-order valence-electron chi connectivity index (χ0n) is 11.7. The predicted molar refractivity (Wildman–Crippen MR) is 82.6 cm³/mol. The lowest BCUT2D eigenvalue weighted by Gasteiger charge is -2.43. The molecule has 1 aromatic heterocycles. The normalized spacial score (nSPS) is 26.4. The lowest BCUT2D eigenvalue weighted by molar-refractivity contribution is 0.0322. The second-order valence-electron chi connectivity index (χ2n) is 5.21. The first-order valence-electron chi connectivity index (χ1n) is 7.24. The number of nitrogens with zero attached hydrogens (tertiary/aromatic N) is 2. The lowest BCUT2D eigenvalue weighted by Crippen LogP contribution is -2.54. The molecule has 6 heteroatoms. The van der Waals surface area contributed by atoms with Crippen molar-refractivity contribution in [2.24, 2.45) is 0 Å². The number of carbonyl (C=O) groups excluding carboxylic acids is 1. The highest BCUT2D eigenvalue weighted by Crippen LogP contribution is 2.31. The van der Waals surface area contributed by atoms with Gasteiger partial charge in [0.05, 0.1) is 17.8 Å². The second kappa shape index (κ2) is 6.45. The van der Waals surface area contributed by atoms with E-state index in [-0.39, 0.29) is 5.91 Å². The van der Waals surface area contributed by atoms with Crippen LogP contribution in [0, 0.1) is 0 Å². The molecule has 4 nitrogen and oxygen atoms in total. The Labute approximate surface area is 127 Å². The Morgan fingerprint density at radius 3 is 3.35 bits per heavy atom. The first kappa shape index (κ1) is 14.4. The molecule has 3 rings (SSSR count). The van der Waals surface area contributed by atoms with Gasteiger partial charge in [0, 0.05) is 30.2 Å². The molecule has 0 bridgehead atoms. The van der Waals surface area contributed by atoms with E-state index in [1.165, 1.54) is 0 Å². The van der Waals surface area contributed by atoms with Crippen molar-refractivity contribution < 1.29 is 9.53 Å². The molecule has 110 valence electrons. The first-order valence-corrected chi connectivity index (χ1v) is 9.11. The molecule has 2 aliphatic heterocycles. The van der Waals surface area contributed by atoms with Gasteiger partial charge < -0.3 is 9.64 Å². The van der Waals surface area contributed by atoms with Crippen molar-refractivity contribution >= 4 is 29.0 Å². The summed E-state index contributed by atoms with van der Waals surface area (Å²) in [5.41, 5.74) is 0. The molecule has 1 aromatic rings. The highest BCUT2D eigenvalue weighted by Gasteiger charge is 2.37. The van der Waals surface area contributed by atoms with E-state index in [0.29, 0.717) is 11.3 Å². The Bertz CT molecular complexity index is 475. The maximum Gasteiger partial charge on any atom is 0.265 e. The van der Waals surface area contributed by atoms with Gasteiger partial charge in [-0.1, -0.05) is 6.92 Å². The van der Waals surface area contributed by atoms with E-state index in [4.69, 9.17) is 4.74 Å². The van der Waals surface area contributed by atoms with Gasteiger partial charge in [-0.25, -0.2) is 4.98 Å². The van der Waals surface area contributed by atoms with Crippen LogP contribution in [0.2, 0.25) is 0 Å². The summed E-state index contributed by atoms with van der Waals surface area (Å²) in [6, 6.07) is 0.340. The average molecular weight is 312 g/mol. The third-order valence-corrected chi connectivity index (χ3v) is 6.16.